The number of hydrogen-bond donors (Lipinski definition) is 2. The monoisotopic (exact) mass is 282 g/mol. The van der Waals surface area contributed by atoms with Crippen LogP contribution < -0.4 is 10.5 Å². The Hall–Kier alpha value is -1.17. The van der Waals surface area contributed by atoms with Crippen molar-refractivity contribution in [2.24, 2.45) is 5.73 Å². The maximum atomic E-state index is 9.36. The van der Waals surface area contributed by atoms with E-state index in [0.717, 1.165) is 11.1 Å². The van der Waals surface area contributed by atoms with Crippen molar-refractivity contribution in [2.45, 2.75) is 25.9 Å². The topological polar surface area (TPSA) is 58.7 Å². The SMILES string of the molecule is COc1cc(CN(C)C(C)(C)CO)ccc1C(N)=S. The molecule has 1 aromatic carbocycles. The van der Waals surface area contributed by atoms with Gasteiger partial charge in [-0.1, -0.05) is 18.3 Å². The number of nitrogens with zero attached hydrogens (tertiary/aromatic N) is 1. The highest BCUT2D eigenvalue weighted by atomic mass is 32.1. The summed E-state index contributed by atoms with van der Waals surface area (Å²) in [7, 11) is 3.58. The molecule has 0 fully saturated rings. The lowest BCUT2D eigenvalue weighted by Gasteiger charge is -2.34. The first-order valence-corrected chi connectivity index (χ1v) is 6.51. The number of likely N-dealkylation sites (N-methyl/N-ethyl adjacent to an activating group) is 1. The van der Waals surface area contributed by atoms with E-state index in [4.69, 9.17) is 22.7 Å². The number of aliphatic hydroxyl groups is 1. The maximum absolute atomic E-state index is 9.36. The van der Waals surface area contributed by atoms with Gasteiger partial charge in [-0.25, -0.2) is 0 Å². The predicted octanol–water partition coefficient (Wildman–Crippen LogP) is 1.53. The second-order valence-electron chi connectivity index (χ2n) is 5.23. The van der Waals surface area contributed by atoms with Crippen molar-refractivity contribution < 1.29 is 9.84 Å². The second-order valence-corrected chi connectivity index (χ2v) is 5.67. The molecule has 3 N–H and O–H groups in total. The normalized spacial score (nSPS) is 11.7. The van der Waals surface area contributed by atoms with E-state index in [1.54, 1.807) is 7.11 Å². The van der Waals surface area contributed by atoms with Crippen molar-refractivity contribution in [3.05, 3.63) is 29.3 Å². The van der Waals surface area contributed by atoms with Gasteiger partial charge in [-0.2, -0.15) is 0 Å². The second kappa shape index (κ2) is 6.32. The van der Waals surface area contributed by atoms with Gasteiger partial charge in [0.05, 0.1) is 19.3 Å². The first kappa shape index (κ1) is 15.9. The van der Waals surface area contributed by atoms with Crippen LogP contribution in [0.1, 0.15) is 25.0 Å². The Morgan fingerprint density at radius 3 is 2.58 bits per heavy atom. The van der Waals surface area contributed by atoms with E-state index in [9.17, 15) is 5.11 Å². The fourth-order valence-corrected chi connectivity index (χ4v) is 1.81. The highest BCUT2D eigenvalue weighted by Crippen LogP contribution is 2.22. The minimum atomic E-state index is -0.269. The molecule has 1 aromatic rings. The third-order valence-electron chi connectivity index (χ3n) is 3.37. The Labute approximate surface area is 120 Å². The zero-order valence-corrected chi connectivity index (χ0v) is 12.8. The first-order valence-electron chi connectivity index (χ1n) is 6.10. The van der Waals surface area contributed by atoms with E-state index in [1.807, 2.05) is 39.1 Å². The van der Waals surface area contributed by atoms with E-state index in [2.05, 4.69) is 4.90 Å². The zero-order chi connectivity index (χ0) is 14.6. The number of aliphatic hydroxyl groups excluding tert-OH is 1. The van der Waals surface area contributed by atoms with Crippen LogP contribution in [0.2, 0.25) is 0 Å². The molecule has 4 nitrogen and oxygen atoms in total. The number of thiocarbonyl (C=S) groups is 1. The van der Waals surface area contributed by atoms with Crippen LogP contribution in [0, 0.1) is 0 Å². The van der Waals surface area contributed by atoms with Crippen molar-refractivity contribution in [3.63, 3.8) is 0 Å². The van der Waals surface area contributed by atoms with Gasteiger partial charge in [0, 0.05) is 12.1 Å². The van der Waals surface area contributed by atoms with Crippen LogP contribution in [0.4, 0.5) is 0 Å². The number of hydrogen-bond acceptors (Lipinski definition) is 4. The summed E-state index contributed by atoms with van der Waals surface area (Å²) in [5.74, 6) is 0.681. The third kappa shape index (κ3) is 3.89. The molecule has 0 spiro atoms. The van der Waals surface area contributed by atoms with Crippen molar-refractivity contribution in [2.75, 3.05) is 20.8 Å². The highest BCUT2D eigenvalue weighted by molar-refractivity contribution is 7.80. The molecular weight excluding hydrogens is 260 g/mol. The summed E-state index contributed by atoms with van der Waals surface area (Å²) in [6.07, 6.45) is 0. The molecule has 19 heavy (non-hydrogen) atoms. The average molecular weight is 282 g/mol. The highest BCUT2D eigenvalue weighted by Gasteiger charge is 2.22. The summed E-state index contributed by atoms with van der Waals surface area (Å²) in [4.78, 5) is 2.41. The zero-order valence-electron chi connectivity index (χ0n) is 11.9. The summed E-state index contributed by atoms with van der Waals surface area (Å²) in [6, 6.07) is 5.77. The minimum absolute atomic E-state index is 0.103. The maximum Gasteiger partial charge on any atom is 0.129 e. The molecule has 0 radical (unpaired) electrons. The molecule has 0 amide bonds. The van der Waals surface area contributed by atoms with Crippen molar-refractivity contribution >= 4 is 17.2 Å². The fraction of sp³-hybridized carbons (Fsp3) is 0.500. The molecule has 0 heterocycles. The van der Waals surface area contributed by atoms with Crippen LogP contribution in [0.15, 0.2) is 18.2 Å². The smallest absolute Gasteiger partial charge is 0.129 e. The van der Waals surface area contributed by atoms with Crippen molar-refractivity contribution in [1.29, 1.82) is 0 Å². The Kier molecular flexibility index (Phi) is 5.29. The molecule has 0 aliphatic carbocycles. The molecule has 5 heteroatoms. The van der Waals surface area contributed by atoms with Crippen LogP contribution >= 0.6 is 12.2 Å². The lowest BCUT2D eigenvalue weighted by atomic mass is 10.0. The lowest BCUT2D eigenvalue weighted by Crippen LogP contribution is -2.43. The minimum Gasteiger partial charge on any atom is -0.496 e. The molecule has 0 aromatic heterocycles. The van der Waals surface area contributed by atoms with Gasteiger partial charge in [0.15, 0.2) is 0 Å². The Morgan fingerprint density at radius 2 is 2.11 bits per heavy atom. The van der Waals surface area contributed by atoms with Crippen LogP contribution in [0.3, 0.4) is 0 Å². The molecule has 0 aliphatic rings. The largest absolute Gasteiger partial charge is 0.496 e. The van der Waals surface area contributed by atoms with Gasteiger partial charge >= 0.3 is 0 Å². The third-order valence-corrected chi connectivity index (χ3v) is 3.59. The molecule has 0 atom stereocenters. The van der Waals surface area contributed by atoms with E-state index in [1.165, 1.54) is 0 Å². The van der Waals surface area contributed by atoms with Gasteiger partial charge in [0.25, 0.3) is 0 Å². The fourth-order valence-electron chi connectivity index (χ4n) is 1.65. The van der Waals surface area contributed by atoms with Gasteiger partial charge in [-0.15, -0.1) is 0 Å². The summed E-state index contributed by atoms with van der Waals surface area (Å²) in [5, 5.41) is 9.36. The number of nitrogens with two attached hydrogens (primary N) is 1. The quantitative estimate of drug-likeness (QED) is 0.775. The van der Waals surface area contributed by atoms with Gasteiger partial charge in [0.1, 0.15) is 10.7 Å². The van der Waals surface area contributed by atoms with Gasteiger partial charge < -0.3 is 15.6 Å². The predicted molar refractivity (Wildman–Crippen MR) is 81.5 cm³/mol. The molecule has 0 unspecified atom stereocenters. The molecule has 0 bridgehead atoms. The van der Waals surface area contributed by atoms with Crippen LogP contribution in [0.25, 0.3) is 0 Å². The lowest BCUT2D eigenvalue weighted by molar-refractivity contribution is 0.0733. The standard InChI is InChI=1S/C14H22N2O2S/c1-14(2,9-17)16(3)8-10-5-6-11(13(15)19)12(7-10)18-4/h5-7,17H,8-9H2,1-4H3,(H2,15,19). The van der Waals surface area contributed by atoms with Crippen LogP contribution in [-0.2, 0) is 6.54 Å². The summed E-state index contributed by atoms with van der Waals surface area (Å²) in [6.45, 7) is 4.80. The average Bonchev–Trinajstić information content (AvgIpc) is 2.38. The Bertz CT molecular complexity index is 461. The van der Waals surface area contributed by atoms with Crippen molar-refractivity contribution in [3.8, 4) is 5.75 Å². The van der Waals surface area contributed by atoms with E-state index in [0.29, 0.717) is 17.3 Å². The molecule has 1 rings (SSSR count). The molecule has 0 aliphatic heterocycles. The number of rotatable bonds is 6. The van der Waals surface area contributed by atoms with E-state index in [-0.39, 0.29) is 12.1 Å². The summed E-state index contributed by atoms with van der Waals surface area (Å²) >= 11 is 4.98. The van der Waals surface area contributed by atoms with Gasteiger partial charge in [-0.3, -0.25) is 4.90 Å². The Morgan fingerprint density at radius 1 is 1.47 bits per heavy atom. The molecule has 106 valence electrons. The number of methoxy groups -OCH3 is 1. The molecule has 0 saturated carbocycles. The van der Waals surface area contributed by atoms with E-state index < -0.39 is 0 Å². The number of benzene rings is 1. The first-order chi connectivity index (χ1) is 8.81. The van der Waals surface area contributed by atoms with Crippen LogP contribution in [-0.4, -0.2) is 41.3 Å². The molecule has 0 saturated heterocycles. The van der Waals surface area contributed by atoms with Gasteiger partial charge in [-0.05, 0) is 38.6 Å². The van der Waals surface area contributed by atoms with Gasteiger partial charge in [0.2, 0.25) is 0 Å². The Balaban J connectivity index is 2.95. The summed E-state index contributed by atoms with van der Waals surface area (Å²) in [5.41, 5.74) is 7.20. The van der Waals surface area contributed by atoms with Crippen LogP contribution in [0.5, 0.6) is 5.75 Å². The van der Waals surface area contributed by atoms with Crippen molar-refractivity contribution in [1.82, 2.24) is 4.90 Å². The number of ether oxygens (including phenoxy) is 1. The molecular formula is C14H22N2O2S. The summed E-state index contributed by atoms with van der Waals surface area (Å²) < 4.78 is 5.31. The van der Waals surface area contributed by atoms with E-state index >= 15 is 0 Å².